The van der Waals surface area contributed by atoms with Gasteiger partial charge in [0.25, 0.3) is 0 Å². The first kappa shape index (κ1) is 16.1. The highest BCUT2D eigenvalue weighted by Crippen LogP contribution is 2.36. The van der Waals surface area contributed by atoms with E-state index in [1.807, 2.05) is 17.8 Å². The Morgan fingerprint density at radius 3 is 2.86 bits per heavy atom. The molecule has 0 saturated carbocycles. The highest BCUT2D eigenvalue weighted by Gasteiger charge is 2.29. The summed E-state index contributed by atoms with van der Waals surface area (Å²) in [6.45, 7) is 5.54. The zero-order valence-electron chi connectivity index (χ0n) is 13.0. The molecule has 0 aliphatic carbocycles. The maximum Gasteiger partial charge on any atom is 0.191 e. The number of nitrogens with one attached hydrogen (secondary N) is 2. The fourth-order valence-electron chi connectivity index (χ4n) is 2.40. The molecule has 1 aromatic rings. The second-order valence-electron chi connectivity index (χ2n) is 5.76. The topological polar surface area (TPSA) is 36.4 Å². The summed E-state index contributed by atoms with van der Waals surface area (Å²) in [5.41, 5.74) is 1.59. The molecule has 1 heterocycles. The van der Waals surface area contributed by atoms with Crippen molar-refractivity contribution in [2.45, 2.75) is 38.0 Å². The number of hydrogen-bond donors (Lipinski definition) is 2. The maximum absolute atomic E-state index is 13.5. The molecule has 2 N–H and O–H groups in total. The van der Waals surface area contributed by atoms with Gasteiger partial charge in [-0.25, -0.2) is 4.39 Å². The number of nitrogens with zero attached hydrogens (tertiary/aromatic N) is 1. The Labute approximate surface area is 130 Å². The average molecular weight is 309 g/mol. The molecule has 116 valence electrons. The number of benzene rings is 1. The fraction of sp³-hybridized carbons (Fsp3) is 0.562. The second-order valence-corrected chi connectivity index (χ2v) is 7.45. The Kier molecular flexibility index (Phi) is 5.51. The van der Waals surface area contributed by atoms with Crippen LogP contribution < -0.4 is 10.6 Å². The molecule has 2 rings (SSSR count). The zero-order chi connectivity index (χ0) is 15.3. The van der Waals surface area contributed by atoms with Gasteiger partial charge in [-0.1, -0.05) is 12.1 Å². The predicted molar refractivity (Wildman–Crippen MR) is 89.4 cm³/mol. The quantitative estimate of drug-likeness (QED) is 0.663. The number of halogens is 1. The molecule has 1 aromatic carbocycles. The van der Waals surface area contributed by atoms with Crippen molar-refractivity contribution >= 4 is 17.7 Å². The third-order valence-electron chi connectivity index (χ3n) is 3.85. The highest BCUT2D eigenvalue weighted by molar-refractivity contribution is 8.00. The first-order valence-electron chi connectivity index (χ1n) is 7.36. The molecule has 1 atom stereocenters. The number of thioether (sulfide) groups is 1. The van der Waals surface area contributed by atoms with E-state index >= 15 is 0 Å². The van der Waals surface area contributed by atoms with E-state index in [-0.39, 0.29) is 5.82 Å². The van der Waals surface area contributed by atoms with Crippen LogP contribution in [0.3, 0.4) is 0 Å². The molecular formula is C16H24FN3S. The minimum atomic E-state index is -0.160. The molecule has 1 aliphatic rings. The van der Waals surface area contributed by atoms with Crippen molar-refractivity contribution in [3.05, 3.63) is 35.1 Å². The molecule has 0 aromatic heterocycles. The average Bonchev–Trinajstić information content (AvgIpc) is 2.90. The predicted octanol–water partition coefficient (Wildman–Crippen LogP) is 3.08. The third-order valence-corrected chi connectivity index (χ3v) is 5.39. The van der Waals surface area contributed by atoms with Gasteiger partial charge < -0.3 is 10.6 Å². The van der Waals surface area contributed by atoms with Crippen LogP contribution in [0.2, 0.25) is 0 Å². The van der Waals surface area contributed by atoms with E-state index in [4.69, 9.17) is 0 Å². The van der Waals surface area contributed by atoms with Crippen molar-refractivity contribution < 1.29 is 4.39 Å². The summed E-state index contributed by atoms with van der Waals surface area (Å²) in [6, 6.07) is 5.31. The maximum atomic E-state index is 13.5. The minimum Gasteiger partial charge on any atom is -0.355 e. The van der Waals surface area contributed by atoms with E-state index in [2.05, 4.69) is 22.5 Å². The first-order valence-corrected chi connectivity index (χ1v) is 8.34. The third kappa shape index (κ3) is 4.63. The zero-order valence-corrected chi connectivity index (χ0v) is 13.8. The second kappa shape index (κ2) is 7.16. The number of rotatable bonds is 4. The van der Waals surface area contributed by atoms with E-state index in [0.29, 0.717) is 16.9 Å². The highest BCUT2D eigenvalue weighted by atomic mass is 32.2. The summed E-state index contributed by atoms with van der Waals surface area (Å²) in [5.74, 6) is 1.85. The van der Waals surface area contributed by atoms with Crippen molar-refractivity contribution in [1.82, 2.24) is 10.6 Å². The normalized spacial score (nSPS) is 22.4. The van der Waals surface area contributed by atoms with E-state index in [0.717, 1.165) is 18.1 Å². The first-order chi connectivity index (χ1) is 10.0. The molecule has 1 fully saturated rings. The van der Waals surface area contributed by atoms with Crippen LogP contribution in [-0.2, 0) is 6.54 Å². The van der Waals surface area contributed by atoms with E-state index in [9.17, 15) is 4.39 Å². The van der Waals surface area contributed by atoms with Crippen LogP contribution in [0, 0.1) is 12.7 Å². The van der Waals surface area contributed by atoms with E-state index < -0.39 is 0 Å². The number of hydrogen-bond acceptors (Lipinski definition) is 2. The Bertz CT molecular complexity index is 510. The molecule has 1 aliphatic heterocycles. The smallest absolute Gasteiger partial charge is 0.191 e. The van der Waals surface area contributed by atoms with Gasteiger partial charge in [-0.3, -0.25) is 4.99 Å². The van der Waals surface area contributed by atoms with Gasteiger partial charge in [0.05, 0.1) is 0 Å². The Morgan fingerprint density at radius 1 is 1.43 bits per heavy atom. The molecule has 21 heavy (non-hydrogen) atoms. The lowest BCUT2D eigenvalue weighted by Gasteiger charge is -2.24. The molecular weight excluding hydrogens is 285 g/mol. The number of guanidine groups is 1. The SMILES string of the molecule is CN=C(NCc1ccc(C)c(F)c1)NCC1(C)CCCS1. The summed E-state index contributed by atoms with van der Waals surface area (Å²) >= 11 is 2.02. The summed E-state index contributed by atoms with van der Waals surface area (Å²) in [7, 11) is 1.76. The van der Waals surface area contributed by atoms with Crippen molar-refractivity contribution in [3.8, 4) is 0 Å². The van der Waals surface area contributed by atoms with Crippen molar-refractivity contribution in [1.29, 1.82) is 0 Å². The van der Waals surface area contributed by atoms with Crippen molar-refractivity contribution in [2.24, 2.45) is 4.99 Å². The van der Waals surface area contributed by atoms with Gasteiger partial charge in [0, 0.05) is 24.9 Å². The van der Waals surface area contributed by atoms with Crippen LogP contribution >= 0.6 is 11.8 Å². The van der Waals surface area contributed by atoms with Crippen LogP contribution in [0.4, 0.5) is 4.39 Å². The summed E-state index contributed by atoms with van der Waals surface area (Å²) in [6.07, 6.45) is 2.53. The van der Waals surface area contributed by atoms with Gasteiger partial charge in [-0.05, 0) is 49.6 Å². The lowest BCUT2D eigenvalue weighted by Crippen LogP contribution is -2.43. The summed E-state index contributed by atoms with van der Waals surface area (Å²) < 4.78 is 13.8. The summed E-state index contributed by atoms with van der Waals surface area (Å²) in [5, 5.41) is 6.61. The lowest BCUT2D eigenvalue weighted by molar-refractivity contribution is 0.584. The van der Waals surface area contributed by atoms with Crippen LogP contribution in [0.25, 0.3) is 0 Å². The molecule has 0 amide bonds. The molecule has 1 unspecified atom stereocenters. The molecule has 3 nitrogen and oxygen atoms in total. The molecule has 1 saturated heterocycles. The van der Waals surface area contributed by atoms with Gasteiger partial charge in [0.2, 0.25) is 0 Å². The van der Waals surface area contributed by atoms with Crippen molar-refractivity contribution in [3.63, 3.8) is 0 Å². The Balaban J connectivity index is 1.83. The van der Waals surface area contributed by atoms with Gasteiger partial charge >= 0.3 is 0 Å². The lowest BCUT2D eigenvalue weighted by atomic mass is 10.1. The van der Waals surface area contributed by atoms with Crippen LogP contribution in [-0.4, -0.2) is 30.1 Å². The van der Waals surface area contributed by atoms with Crippen molar-refractivity contribution in [2.75, 3.05) is 19.3 Å². The molecule has 0 spiro atoms. The van der Waals surface area contributed by atoms with Crippen LogP contribution in [0.5, 0.6) is 0 Å². The van der Waals surface area contributed by atoms with Gasteiger partial charge in [-0.15, -0.1) is 0 Å². The number of aliphatic imine (C=N–C) groups is 1. The monoisotopic (exact) mass is 309 g/mol. The van der Waals surface area contributed by atoms with E-state index in [1.54, 1.807) is 26.1 Å². The van der Waals surface area contributed by atoms with Gasteiger partial charge in [0.15, 0.2) is 5.96 Å². The van der Waals surface area contributed by atoms with Crippen LogP contribution in [0.1, 0.15) is 30.9 Å². The standard InChI is InChI=1S/C16H24FN3S/c1-12-5-6-13(9-14(12)17)10-19-15(18-3)20-11-16(2)7-4-8-21-16/h5-6,9H,4,7-8,10-11H2,1-3H3,(H2,18,19,20). The Morgan fingerprint density at radius 2 is 2.24 bits per heavy atom. The van der Waals surface area contributed by atoms with Gasteiger partial charge in [0.1, 0.15) is 5.82 Å². The largest absolute Gasteiger partial charge is 0.355 e. The molecule has 0 bridgehead atoms. The van der Waals surface area contributed by atoms with E-state index in [1.165, 1.54) is 18.6 Å². The fourth-order valence-corrected chi connectivity index (χ4v) is 3.64. The van der Waals surface area contributed by atoms with Gasteiger partial charge in [-0.2, -0.15) is 11.8 Å². The molecule has 0 radical (unpaired) electrons. The number of aryl methyl sites for hydroxylation is 1. The van der Waals surface area contributed by atoms with Crippen LogP contribution in [0.15, 0.2) is 23.2 Å². The Hall–Kier alpha value is -1.23. The summed E-state index contributed by atoms with van der Waals surface area (Å²) in [4.78, 5) is 4.23. The molecule has 5 heteroatoms. The minimum absolute atomic E-state index is 0.160.